The standard InChI is InChI=1S/C15H19FN2O2/c16-12-3-1-11(2-4-12)13-9-18(7-8-20-13)14(19)15(10-17)5-6-15/h1-4,13H,5-10,17H2. The molecular formula is C15H19FN2O2. The van der Waals surface area contributed by atoms with Crippen molar-refractivity contribution in [3.63, 3.8) is 0 Å². The number of hydrogen-bond donors (Lipinski definition) is 1. The summed E-state index contributed by atoms with van der Waals surface area (Å²) in [5.74, 6) is -0.118. The molecule has 0 spiro atoms. The van der Waals surface area contributed by atoms with Gasteiger partial charge in [-0.3, -0.25) is 4.79 Å². The number of carbonyl (C=O) groups excluding carboxylic acids is 1. The Hall–Kier alpha value is -1.46. The SMILES string of the molecule is NCC1(C(=O)N2CCOC(c3ccc(F)cc3)C2)CC1. The predicted octanol–water partition coefficient (Wildman–Crippen LogP) is 1.46. The Labute approximate surface area is 117 Å². The molecule has 0 aromatic heterocycles. The largest absolute Gasteiger partial charge is 0.370 e. The summed E-state index contributed by atoms with van der Waals surface area (Å²) in [5.41, 5.74) is 6.31. The van der Waals surface area contributed by atoms with Crippen LogP contribution in [0.5, 0.6) is 0 Å². The number of nitrogens with zero attached hydrogens (tertiary/aromatic N) is 1. The number of carbonyl (C=O) groups is 1. The van der Waals surface area contributed by atoms with E-state index < -0.39 is 0 Å². The van der Waals surface area contributed by atoms with Crippen LogP contribution in [0.4, 0.5) is 4.39 Å². The maximum Gasteiger partial charge on any atom is 0.230 e. The zero-order valence-electron chi connectivity index (χ0n) is 11.3. The zero-order valence-corrected chi connectivity index (χ0v) is 11.3. The molecule has 4 nitrogen and oxygen atoms in total. The third-order valence-corrected chi connectivity index (χ3v) is 4.29. The molecule has 108 valence electrons. The maximum atomic E-state index is 12.9. The van der Waals surface area contributed by atoms with Gasteiger partial charge in [0.25, 0.3) is 0 Å². The van der Waals surface area contributed by atoms with E-state index in [4.69, 9.17) is 10.5 Å². The molecule has 3 rings (SSSR count). The Bertz CT molecular complexity index is 499. The molecule has 1 atom stereocenters. The summed E-state index contributed by atoms with van der Waals surface area (Å²) in [6.45, 7) is 2.06. The van der Waals surface area contributed by atoms with Crippen LogP contribution in [-0.2, 0) is 9.53 Å². The zero-order chi connectivity index (χ0) is 14.2. The monoisotopic (exact) mass is 278 g/mol. The van der Waals surface area contributed by atoms with Crippen LogP contribution in [0.2, 0.25) is 0 Å². The van der Waals surface area contributed by atoms with E-state index in [2.05, 4.69) is 0 Å². The summed E-state index contributed by atoms with van der Waals surface area (Å²) in [6.07, 6.45) is 1.60. The van der Waals surface area contributed by atoms with E-state index in [1.54, 1.807) is 12.1 Å². The molecule has 1 aliphatic carbocycles. The Kier molecular flexibility index (Phi) is 3.48. The van der Waals surface area contributed by atoms with Gasteiger partial charge in [-0.1, -0.05) is 12.1 Å². The molecule has 2 aliphatic rings. The van der Waals surface area contributed by atoms with Crippen LogP contribution in [-0.4, -0.2) is 37.0 Å². The highest BCUT2D eigenvalue weighted by Gasteiger charge is 2.51. The van der Waals surface area contributed by atoms with Crippen molar-refractivity contribution in [2.45, 2.75) is 18.9 Å². The van der Waals surface area contributed by atoms with Crippen molar-refractivity contribution < 1.29 is 13.9 Å². The number of halogens is 1. The highest BCUT2D eigenvalue weighted by atomic mass is 19.1. The van der Waals surface area contributed by atoms with Gasteiger partial charge in [0.1, 0.15) is 11.9 Å². The number of morpholine rings is 1. The van der Waals surface area contributed by atoms with Crippen molar-refractivity contribution in [3.05, 3.63) is 35.6 Å². The number of ether oxygens (including phenoxy) is 1. The third kappa shape index (κ3) is 2.43. The smallest absolute Gasteiger partial charge is 0.230 e. The number of nitrogens with two attached hydrogens (primary N) is 1. The molecular weight excluding hydrogens is 259 g/mol. The van der Waals surface area contributed by atoms with Crippen molar-refractivity contribution in [3.8, 4) is 0 Å². The summed E-state index contributed by atoms with van der Waals surface area (Å²) in [6, 6.07) is 6.26. The molecule has 1 aliphatic heterocycles. The number of hydrogen-bond acceptors (Lipinski definition) is 3. The fraction of sp³-hybridized carbons (Fsp3) is 0.533. The summed E-state index contributed by atoms with van der Waals surface area (Å²) >= 11 is 0. The number of benzene rings is 1. The first-order chi connectivity index (χ1) is 9.64. The Morgan fingerprint density at radius 2 is 2.10 bits per heavy atom. The molecule has 2 N–H and O–H groups in total. The van der Waals surface area contributed by atoms with Gasteiger partial charge >= 0.3 is 0 Å². The van der Waals surface area contributed by atoms with Crippen molar-refractivity contribution in [1.82, 2.24) is 4.90 Å². The predicted molar refractivity (Wildman–Crippen MR) is 72.4 cm³/mol. The van der Waals surface area contributed by atoms with E-state index in [1.165, 1.54) is 12.1 Å². The third-order valence-electron chi connectivity index (χ3n) is 4.29. The van der Waals surface area contributed by atoms with E-state index in [-0.39, 0.29) is 23.2 Å². The molecule has 1 aromatic carbocycles. The molecule has 1 aromatic rings. The number of amides is 1. The van der Waals surface area contributed by atoms with Crippen LogP contribution in [0.15, 0.2) is 24.3 Å². The molecule has 1 amide bonds. The summed E-state index contributed by atoms with van der Waals surface area (Å²) in [7, 11) is 0. The van der Waals surface area contributed by atoms with Gasteiger partial charge in [-0.15, -0.1) is 0 Å². The van der Waals surface area contributed by atoms with Gasteiger partial charge < -0.3 is 15.4 Å². The number of rotatable bonds is 3. The van der Waals surface area contributed by atoms with E-state index in [9.17, 15) is 9.18 Å². The van der Waals surface area contributed by atoms with Crippen molar-refractivity contribution in [1.29, 1.82) is 0 Å². The molecule has 1 saturated heterocycles. The lowest BCUT2D eigenvalue weighted by Gasteiger charge is -2.35. The van der Waals surface area contributed by atoms with Gasteiger partial charge in [-0.2, -0.15) is 0 Å². The summed E-state index contributed by atoms with van der Waals surface area (Å²) in [5, 5.41) is 0. The lowest BCUT2D eigenvalue weighted by molar-refractivity contribution is -0.144. The van der Waals surface area contributed by atoms with Crippen LogP contribution < -0.4 is 5.73 Å². The van der Waals surface area contributed by atoms with Gasteiger partial charge in [0.05, 0.1) is 18.6 Å². The molecule has 1 unspecified atom stereocenters. The molecule has 1 heterocycles. The van der Waals surface area contributed by atoms with Crippen molar-refractivity contribution in [2.24, 2.45) is 11.1 Å². The maximum absolute atomic E-state index is 12.9. The van der Waals surface area contributed by atoms with E-state index >= 15 is 0 Å². The van der Waals surface area contributed by atoms with E-state index in [1.807, 2.05) is 4.90 Å². The second-order valence-corrected chi connectivity index (χ2v) is 5.65. The Morgan fingerprint density at radius 3 is 2.70 bits per heavy atom. The first-order valence-electron chi connectivity index (χ1n) is 7.01. The molecule has 5 heteroatoms. The van der Waals surface area contributed by atoms with Gasteiger partial charge in [0, 0.05) is 13.1 Å². The fourth-order valence-electron chi connectivity index (χ4n) is 2.70. The molecule has 1 saturated carbocycles. The minimum Gasteiger partial charge on any atom is -0.370 e. The van der Waals surface area contributed by atoms with E-state index in [0.717, 1.165) is 18.4 Å². The van der Waals surface area contributed by atoms with Gasteiger partial charge in [0.15, 0.2) is 0 Å². The first kappa shape index (κ1) is 13.5. The highest BCUT2D eigenvalue weighted by molar-refractivity contribution is 5.85. The van der Waals surface area contributed by atoms with Gasteiger partial charge in [-0.25, -0.2) is 4.39 Å². The minimum atomic E-state index is -0.315. The van der Waals surface area contributed by atoms with E-state index in [0.29, 0.717) is 26.2 Å². The van der Waals surface area contributed by atoms with Crippen molar-refractivity contribution >= 4 is 5.91 Å². The van der Waals surface area contributed by atoms with Crippen LogP contribution in [0, 0.1) is 11.2 Å². The second-order valence-electron chi connectivity index (χ2n) is 5.65. The molecule has 0 radical (unpaired) electrons. The fourth-order valence-corrected chi connectivity index (χ4v) is 2.70. The quantitative estimate of drug-likeness (QED) is 0.911. The summed E-state index contributed by atoms with van der Waals surface area (Å²) in [4.78, 5) is 14.3. The minimum absolute atomic E-state index is 0.149. The molecule has 0 bridgehead atoms. The average molecular weight is 278 g/mol. The van der Waals surface area contributed by atoms with Crippen molar-refractivity contribution in [2.75, 3.05) is 26.2 Å². The average Bonchev–Trinajstić information content (AvgIpc) is 3.28. The lowest BCUT2D eigenvalue weighted by Crippen LogP contribution is -2.47. The molecule has 20 heavy (non-hydrogen) atoms. The highest BCUT2D eigenvalue weighted by Crippen LogP contribution is 2.46. The first-order valence-corrected chi connectivity index (χ1v) is 7.01. The molecule has 2 fully saturated rings. The Balaban J connectivity index is 1.70. The second kappa shape index (κ2) is 5.14. The van der Waals surface area contributed by atoms with Crippen LogP contribution in [0.1, 0.15) is 24.5 Å². The normalized spacial score (nSPS) is 24.5. The Morgan fingerprint density at radius 1 is 1.40 bits per heavy atom. The lowest BCUT2D eigenvalue weighted by atomic mass is 10.0. The van der Waals surface area contributed by atoms with Gasteiger partial charge in [-0.05, 0) is 30.5 Å². The topological polar surface area (TPSA) is 55.6 Å². The van der Waals surface area contributed by atoms with Crippen LogP contribution in [0.3, 0.4) is 0 Å². The van der Waals surface area contributed by atoms with Crippen LogP contribution in [0.25, 0.3) is 0 Å². The van der Waals surface area contributed by atoms with Gasteiger partial charge in [0.2, 0.25) is 5.91 Å². The summed E-state index contributed by atoms with van der Waals surface area (Å²) < 4.78 is 18.7. The van der Waals surface area contributed by atoms with Crippen LogP contribution >= 0.6 is 0 Å².